The standard InChI is InChI=1S/C15H31O2/c1-4-11-15(17-6-3)12-9-7-8-10-14-16-13-5-2/h15H,2,4-14H2,1,3H3. The highest BCUT2D eigenvalue weighted by molar-refractivity contribution is 4.58. The van der Waals surface area contributed by atoms with Crippen molar-refractivity contribution in [2.45, 2.75) is 71.3 Å². The van der Waals surface area contributed by atoms with E-state index in [1.807, 2.05) is 0 Å². The molecule has 0 aliphatic heterocycles. The van der Waals surface area contributed by atoms with Gasteiger partial charge in [0.2, 0.25) is 0 Å². The Morgan fingerprint density at radius 2 is 1.71 bits per heavy atom. The van der Waals surface area contributed by atoms with Crippen LogP contribution >= 0.6 is 0 Å². The summed E-state index contributed by atoms with van der Waals surface area (Å²) in [6.07, 6.45) is 10.1. The molecule has 0 fully saturated rings. The number of hydrogen-bond acceptors (Lipinski definition) is 2. The zero-order valence-corrected chi connectivity index (χ0v) is 11.9. The molecule has 0 saturated heterocycles. The van der Waals surface area contributed by atoms with Crippen LogP contribution in [0.4, 0.5) is 0 Å². The number of ether oxygens (including phenoxy) is 2. The zero-order chi connectivity index (χ0) is 12.8. The van der Waals surface area contributed by atoms with E-state index in [0.717, 1.165) is 26.2 Å². The minimum atomic E-state index is 0.493. The molecule has 0 saturated carbocycles. The molecule has 0 aliphatic rings. The highest BCUT2D eigenvalue weighted by Crippen LogP contribution is 2.12. The van der Waals surface area contributed by atoms with E-state index in [0.29, 0.717) is 6.10 Å². The first-order chi connectivity index (χ1) is 8.35. The Morgan fingerprint density at radius 1 is 0.941 bits per heavy atom. The SMILES string of the molecule is [CH2]CCOCCCCCCC(CCC)OCC. The molecule has 0 aromatic rings. The molecular weight excluding hydrogens is 212 g/mol. The molecule has 0 N–H and O–H groups in total. The molecule has 1 unspecified atom stereocenters. The van der Waals surface area contributed by atoms with Crippen LogP contribution in [0, 0.1) is 6.92 Å². The van der Waals surface area contributed by atoms with E-state index in [1.165, 1.54) is 44.9 Å². The summed E-state index contributed by atoms with van der Waals surface area (Å²) < 4.78 is 11.1. The first-order valence-electron chi connectivity index (χ1n) is 7.33. The average Bonchev–Trinajstić information content (AvgIpc) is 2.33. The third-order valence-electron chi connectivity index (χ3n) is 2.87. The van der Waals surface area contributed by atoms with Crippen LogP contribution in [0.15, 0.2) is 0 Å². The molecule has 103 valence electrons. The molecule has 0 aromatic heterocycles. The molecule has 1 radical (unpaired) electrons. The molecule has 0 amide bonds. The van der Waals surface area contributed by atoms with Gasteiger partial charge >= 0.3 is 0 Å². The highest BCUT2D eigenvalue weighted by Gasteiger charge is 2.06. The molecule has 17 heavy (non-hydrogen) atoms. The maximum atomic E-state index is 5.71. The molecule has 0 aromatic carbocycles. The quantitative estimate of drug-likeness (QED) is 0.447. The summed E-state index contributed by atoms with van der Waals surface area (Å²) in [5.41, 5.74) is 0. The van der Waals surface area contributed by atoms with E-state index < -0.39 is 0 Å². The van der Waals surface area contributed by atoms with Crippen molar-refractivity contribution < 1.29 is 9.47 Å². The molecule has 0 heterocycles. The van der Waals surface area contributed by atoms with Crippen molar-refractivity contribution in [1.29, 1.82) is 0 Å². The lowest BCUT2D eigenvalue weighted by Gasteiger charge is -2.15. The summed E-state index contributed by atoms with van der Waals surface area (Å²) >= 11 is 0. The number of hydrogen-bond donors (Lipinski definition) is 0. The summed E-state index contributed by atoms with van der Waals surface area (Å²) in [6.45, 7) is 10.6. The Labute approximate surface area is 108 Å². The van der Waals surface area contributed by atoms with Crippen molar-refractivity contribution in [3.63, 3.8) is 0 Å². The van der Waals surface area contributed by atoms with Crippen molar-refractivity contribution in [2.75, 3.05) is 19.8 Å². The second-order valence-corrected chi connectivity index (χ2v) is 4.53. The van der Waals surface area contributed by atoms with Gasteiger partial charge in [-0.25, -0.2) is 0 Å². The van der Waals surface area contributed by atoms with Gasteiger partial charge in [-0.2, -0.15) is 0 Å². The Kier molecular flexibility index (Phi) is 13.9. The van der Waals surface area contributed by atoms with Gasteiger partial charge in [0.05, 0.1) is 6.10 Å². The van der Waals surface area contributed by atoms with Crippen molar-refractivity contribution >= 4 is 0 Å². The van der Waals surface area contributed by atoms with Crippen LogP contribution in [-0.4, -0.2) is 25.9 Å². The van der Waals surface area contributed by atoms with Crippen LogP contribution in [0.3, 0.4) is 0 Å². The summed E-state index contributed by atoms with van der Waals surface area (Å²) in [4.78, 5) is 0. The Morgan fingerprint density at radius 3 is 2.35 bits per heavy atom. The number of unbranched alkanes of at least 4 members (excludes halogenated alkanes) is 3. The molecule has 0 bridgehead atoms. The number of rotatable bonds is 13. The lowest BCUT2D eigenvalue weighted by molar-refractivity contribution is 0.0482. The Balaban J connectivity index is 3.23. The van der Waals surface area contributed by atoms with E-state index >= 15 is 0 Å². The monoisotopic (exact) mass is 243 g/mol. The van der Waals surface area contributed by atoms with Gasteiger partial charge in [0.25, 0.3) is 0 Å². The first kappa shape index (κ1) is 16.9. The Hall–Kier alpha value is -0.0800. The maximum Gasteiger partial charge on any atom is 0.0574 e. The van der Waals surface area contributed by atoms with Gasteiger partial charge in [0.1, 0.15) is 0 Å². The summed E-state index contributed by atoms with van der Waals surface area (Å²) in [7, 11) is 0. The molecule has 2 nitrogen and oxygen atoms in total. The summed E-state index contributed by atoms with van der Waals surface area (Å²) in [5.74, 6) is 0. The average molecular weight is 243 g/mol. The van der Waals surface area contributed by atoms with Crippen molar-refractivity contribution in [3.05, 3.63) is 6.92 Å². The molecule has 1 atom stereocenters. The lowest BCUT2D eigenvalue weighted by Crippen LogP contribution is -2.12. The van der Waals surface area contributed by atoms with Gasteiger partial charge in [-0.3, -0.25) is 0 Å². The fourth-order valence-corrected chi connectivity index (χ4v) is 2.00. The summed E-state index contributed by atoms with van der Waals surface area (Å²) in [6, 6.07) is 0. The molecule has 0 rings (SSSR count). The molecule has 0 aliphatic carbocycles. The first-order valence-corrected chi connectivity index (χ1v) is 7.33. The van der Waals surface area contributed by atoms with E-state index in [9.17, 15) is 0 Å². The largest absolute Gasteiger partial charge is 0.381 e. The molecular formula is C15H31O2. The van der Waals surface area contributed by atoms with Gasteiger partial charge in [-0.1, -0.05) is 39.5 Å². The van der Waals surface area contributed by atoms with E-state index in [2.05, 4.69) is 20.8 Å². The lowest BCUT2D eigenvalue weighted by atomic mass is 10.1. The van der Waals surface area contributed by atoms with Crippen molar-refractivity contribution in [2.24, 2.45) is 0 Å². The van der Waals surface area contributed by atoms with Crippen LogP contribution in [-0.2, 0) is 9.47 Å². The molecule has 2 heteroatoms. The van der Waals surface area contributed by atoms with Crippen LogP contribution in [0.25, 0.3) is 0 Å². The van der Waals surface area contributed by atoms with Crippen LogP contribution in [0.1, 0.15) is 65.2 Å². The van der Waals surface area contributed by atoms with E-state index in [-0.39, 0.29) is 0 Å². The second-order valence-electron chi connectivity index (χ2n) is 4.53. The highest BCUT2D eigenvalue weighted by atomic mass is 16.5. The van der Waals surface area contributed by atoms with Crippen molar-refractivity contribution in [1.82, 2.24) is 0 Å². The van der Waals surface area contributed by atoms with Gasteiger partial charge in [-0.05, 0) is 32.6 Å². The van der Waals surface area contributed by atoms with Gasteiger partial charge in [0, 0.05) is 19.8 Å². The fraction of sp³-hybridized carbons (Fsp3) is 0.933. The minimum Gasteiger partial charge on any atom is -0.381 e. The predicted molar refractivity (Wildman–Crippen MR) is 74.2 cm³/mol. The zero-order valence-electron chi connectivity index (χ0n) is 11.9. The van der Waals surface area contributed by atoms with Crippen LogP contribution in [0.5, 0.6) is 0 Å². The third kappa shape index (κ3) is 12.2. The topological polar surface area (TPSA) is 18.5 Å². The Bertz CT molecular complexity index is 131. The van der Waals surface area contributed by atoms with Crippen LogP contribution < -0.4 is 0 Å². The minimum absolute atomic E-state index is 0.493. The smallest absolute Gasteiger partial charge is 0.0574 e. The van der Waals surface area contributed by atoms with E-state index in [4.69, 9.17) is 9.47 Å². The normalized spacial score (nSPS) is 12.9. The van der Waals surface area contributed by atoms with Gasteiger partial charge in [-0.15, -0.1) is 0 Å². The van der Waals surface area contributed by atoms with Crippen LogP contribution in [0.2, 0.25) is 0 Å². The fourth-order valence-electron chi connectivity index (χ4n) is 2.00. The predicted octanol–water partition coefficient (Wildman–Crippen LogP) is 4.38. The van der Waals surface area contributed by atoms with E-state index in [1.54, 1.807) is 0 Å². The van der Waals surface area contributed by atoms with Crippen molar-refractivity contribution in [3.8, 4) is 0 Å². The second kappa shape index (κ2) is 14.0. The third-order valence-corrected chi connectivity index (χ3v) is 2.87. The summed E-state index contributed by atoms with van der Waals surface area (Å²) in [5, 5.41) is 0. The maximum absolute atomic E-state index is 5.71. The van der Waals surface area contributed by atoms with Gasteiger partial charge in [0.15, 0.2) is 0 Å². The van der Waals surface area contributed by atoms with Gasteiger partial charge < -0.3 is 9.47 Å². The molecule has 0 spiro atoms.